The Kier molecular flexibility index (Phi) is 6.77. The summed E-state index contributed by atoms with van der Waals surface area (Å²) < 4.78 is 53.3. The van der Waals surface area contributed by atoms with Gasteiger partial charge in [0.05, 0.1) is 24.0 Å². The third-order valence-electron chi connectivity index (χ3n) is 6.61. The first-order valence-corrected chi connectivity index (χ1v) is 13.8. The van der Waals surface area contributed by atoms with Crippen molar-refractivity contribution in [3.8, 4) is 11.3 Å². The van der Waals surface area contributed by atoms with Gasteiger partial charge in [-0.3, -0.25) is 9.52 Å². The lowest BCUT2D eigenvalue weighted by Gasteiger charge is -2.13. The number of anilines is 2. The minimum absolute atomic E-state index is 0.0448. The molecule has 0 unspecified atom stereocenters. The quantitative estimate of drug-likeness (QED) is 0.211. The Labute approximate surface area is 224 Å². The first-order chi connectivity index (χ1) is 18.6. The highest BCUT2D eigenvalue weighted by atomic mass is 32.2. The normalized spacial score (nSPS) is 13.3. The Balaban J connectivity index is 1.55. The van der Waals surface area contributed by atoms with Crippen LogP contribution >= 0.6 is 0 Å². The summed E-state index contributed by atoms with van der Waals surface area (Å²) in [5.74, 6) is -1.43. The number of amides is 1. The van der Waals surface area contributed by atoms with E-state index in [1.165, 1.54) is 56.6 Å². The van der Waals surface area contributed by atoms with Gasteiger partial charge in [-0.2, -0.15) is 0 Å². The molecular formula is C28H26FN3O6S. The van der Waals surface area contributed by atoms with Crippen molar-refractivity contribution in [1.82, 2.24) is 5.32 Å². The van der Waals surface area contributed by atoms with E-state index in [1.54, 1.807) is 6.07 Å². The fourth-order valence-electron chi connectivity index (χ4n) is 4.58. The molecule has 4 N–H and O–H groups in total. The van der Waals surface area contributed by atoms with Crippen LogP contribution in [0.2, 0.25) is 0 Å². The zero-order chi connectivity index (χ0) is 27.9. The summed E-state index contributed by atoms with van der Waals surface area (Å²) in [7, 11) is -1.22. The van der Waals surface area contributed by atoms with E-state index in [0.717, 1.165) is 18.4 Å². The van der Waals surface area contributed by atoms with Crippen LogP contribution in [0.25, 0.3) is 22.3 Å². The Bertz CT molecular complexity index is 1710. The van der Waals surface area contributed by atoms with Crippen LogP contribution in [0, 0.1) is 5.82 Å². The van der Waals surface area contributed by atoms with Gasteiger partial charge in [0, 0.05) is 29.4 Å². The Hall–Kier alpha value is -4.38. The van der Waals surface area contributed by atoms with E-state index in [1.807, 2.05) is 6.07 Å². The van der Waals surface area contributed by atoms with Crippen LogP contribution in [-0.4, -0.2) is 34.5 Å². The minimum atomic E-state index is -3.93. The molecule has 0 radical (unpaired) electrons. The molecule has 1 aliphatic rings. The number of ether oxygens (including phenoxy) is 1. The highest BCUT2D eigenvalue weighted by Crippen LogP contribution is 2.45. The molecule has 1 heterocycles. The zero-order valence-corrected chi connectivity index (χ0v) is 22.0. The monoisotopic (exact) mass is 551 g/mol. The molecule has 3 aromatic carbocycles. The van der Waals surface area contributed by atoms with Crippen LogP contribution in [0.1, 0.15) is 50.6 Å². The molecular weight excluding hydrogens is 525 g/mol. The fourth-order valence-corrected chi connectivity index (χ4v) is 5.80. The number of carbonyl (C=O) groups excluding carboxylic acids is 2. The molecule has 5 rings (SSSR count). The number of nitrogen functional groups attached to an aromatic ring is 1. The van der Waals surface area contributed by atoms with Gasteiger partial charge in [-0.1, -0.05) is 0 Å². The number of nitrogens with one attached hydrogen (secondary N) is 2. The standard InChI is InChI=1S/C28H26FN3O6S/c1-31-27(33)25-22-13-20(15-3-4-15)17(11-24(22)38-26(25)16-5-7-18(29)8-6-16)14-39(35,36)32-19-9-10-23(30)21(12-19)28(34)37-2/h5-13,15,32H,3-4,14,30H2,1-2H3,(H,31,33). The van der Waals surface area contributed by atoms with Gasteiger partial charge in [0.1, 0.15) is 17.2 Å². The van der Waals surface area contributed by atoms with Crippen LogP contribution in [0.4, 0.5) is 15.8 Å². The number of nitrogens with two attached hydrogens (primary N) is 1. The smallest absolute Gasteiger partial charge is 0.340 e. The van der Waals surface area contributed by atoms with Crippen molar-refractivity contribution < 1.29 is 31.6 Å². The van der Waals surface area contributed by atoms with Crippen LogP contribution in [0.15, 0.2) is 59.0 Å². The number of hydrogen-bond acceptors (Lipinski definition) is 7. The van der Waals surface area contributed by atoms with Gasteiger partial charge >= 0.3 is 5.97 Å². The van der Waals surface area contributed by atoms with Gasteiger partial charge in [-0.25, -0.2) is 17.6 Å². The number of esters is 1. The van der Waals surface area contributed by atoms with Crippen molar-refractivity contribution in [1.29, 1.82) is 0 Å². The number of fused-ring (bicyclic) bond motifs is 1. The molecule has 4 aromatic rings. The lowest BCUT2D eigenvalue weighted by atomic mass is 9.98. The Morgan fingerprint density at radius 3 is 2.46 bits per heavy atom. The largest absolute Gasteiger partial charge is 0.465 e. The summed E-state index contributed by atoms with van der Waals surface area (Å²) in [6.45, 7) is 0. The first-order valence-electron chi connectivity index (χ1n) is 12.2. The van der Waals surface area contributed by atoms with Gasteiger partial charge in [-0.05, 0) is 84.5 Å². The molecule has 0 saturated heterocycles. The van der Waals surface area contributed by atoms with Gasteiger partial charge in [0.25, 0.3) is 5.91 Å². The van der Waals surface area contributed by atoms with Crippen molar-refractivity contribution in [3.63, 3.8) is 0 Å². The molecule has 1 saturated carbocycles. The molecule has 1 aromatic heterocycles. The average Bonchev–Trinajstić information content (AvgIpc) is 3.69. The summed E-state index contributed by atoms with van der Waals surface area (Å²) in [5.41, 5.74) is 8.69. The summed E-state index contributed by atoms with van der Waals surface area (Å²) in [6, 6.07) is 13.3. The molecule has 1 fully saturated rings. The number of methoxy groups -OCH3 is 1. The summed E-state index contributed by atoms with van der Waals surface area (Å²) in [5, 5.41) is 3.17. The molecule has 0 spiro atoms. The number of hydrogen-bond donors (Lipinski definition) is 3. The van der Waals surface area contributed by atoms with E-state index in [2.05, 4.69) is 10.0 Å². The van der Waals surface area contributed by atoms with Crippen molar-refractivity contribution in [2.45, 2.75) is 24.5 Å². The molecule has 1 amide bonds. The summed E-state index contributed by atoms with van der Waals surface area (Å²) in [6.07, 6.45) is 1.79. The molecule has 9 nitrogen and oxygen atoms in total. The maximum Gasteiger partial charge on any atom is 0.340 e. The maximum absolute atomic E-state index is 13.5. The predicted molar refractivity (Wildman–Crippen MR) is 145 cm³/mol. The molecule has 11 heteroatoms. The highest BCUT2D eigenvalue weighted by Gasteiger charge is 2.31. The predicted octanol–water partition coefficient (Wildman–Crippen LogP) is 4.79. The van der Waals surface area contributed by atoms with Crippen molar-refractivity contribution in [2.75, 3.05) is 24.6 Å². The third kappa shape index (κ3) is 5.30. The fraction of sp³-hybridized carbons (Fsp3) is 0.214. The molecule has 39 heavy (non-hydrogen) atoms. The van der Waals surface area contributed by atoms with Crippen molar-refractivity contribution >= 4 is 44.2 Å². The summed E-state index contributed by atoms with van der Waals surface area (Å²) in [4.78, 5) is 24.9. The third-order valence-corrected chi connectivity index (χ3v) is 7.84. The van der Waals surface area contributed by atoms with Crippen LogP contribution in [0.3, 0.4) is 0 Å². The number of benzene rings is 3. The maximum atomic E-state index is 13.5. The van der Waals surface area contributed by atoms with Gasteiger partial charge in [0.2, 0.25) is 10.0 Å². The topological polar surface area (TPSA) is 141 Å². The Morgan fingerprint density at radius 1 is 1.10 bits per heavy atom. The molecule has 0 atom stereocenters. The minimum Gasteiger partial charge on any atom is -0.465 e. The zero-order valence-electron chi connectivity index (χ0n) is 21.2. The van der Waals surface area contributed by atoms with E-state index >= 15 is 0 Å². The molecule has 202 valence electrons. The number of sulfonamides is 1. The SMILES string of the molecule is CNC(=O)c1c(-c2ccc(F)cc2)oc2cc(CS(=O)(=O)Nc3ccc(N)c(C(=O)OC)c3)c(C3CC3)cc12. The number of halogens is 1. The van der Waals surface area contributed by atoms with Crippen LogP contribution in [0.5, 0.6) is 0 Å². The van der Waals surface area contributed by atoms with Crippen LogP contribution < -0.4 is 15.8 Å². The lowest BCUT2D eigenvalue weighted by molar-refractivity contribution is 0.0601. The molecule has 0 aliphatic heterocycles. The second-order valence-electron chi connectivity index (χ2n) is 9.37. The lowest BCUT2D eigenvalue weighted by Crippen LogP contribution is -2.18. The second kappa shape index (κ2) is 10.1. The molecule has 1 aliphatic carbocycles. The van der Waals surface area contributed by atoms with E-state index in [0.29, 0.717) is 27.7 Å². The van der Waals surface area contributed by atoms with Crippen LogP contribution in [-0.2, 0) is 20.5 Å². The van der Waals surface area contributed by atoms with Gasteiger partial charge in [-0.15, -0.1) is 0 Å². The van der Waals surface area contributed by atoms with E-state index < -0.39 is 21.8 Å². The van der Waals surface area contributed by atoms with Gasteiger partial charge < -0.3 is 20.2 Å². The summed E-state index contributed by atoms with van der Waals surface area (Å²) >= 11 is 0. The number of carbonyl (C=O) groups is 2. The first kappa shape index (κ1) is 26.2. The van der Waals surface area contributed by atoms with Crippen molar-refractivity contribution in [3.05, 3.63) is 82.7 Å². The number of rotatable bonds is 8. The Morgan fingerprint density at radius 2 is 1.82 bits per heavy atom. The van der Waals surface area contributed by atoms with Crippen molar-refractivity contribution in [2.24, 2.45) is 0 Å². The van der Waals surface area contributed by atoms with E-state index in [9.17, 15) is 22.4 Å². The van der Waals surface area contributed by atoms with Gasteiger partial charge in [0.15, 0.2) is 0 Å². The van der Waals surface area contributed by atoms with E-state index in [4.69, 9.17) is 14.9 Å². The molecule has 0 bridgehead atoms. The second-order valence-corrected chi connectivity index (χ2v) is 11.1. The number of furan rings is 1. The van der Waals surface area contributed by atoms with E-state index in [-0.39, 0.29) is 40.3 Å². The average molecular weight is 552 g/mol. The highest BCUT2D eigenvalue weighted by molar-refractivity contribution is 7.91.